The second-order valence-corrected chi connectivity index (χ2v) is 4.73. The maximum atomic E-state index is 6.21. The van der Waals surface area contributed by atoms with Crippen LogP contribution in [0.15, 0.2) is 6.20 Å². The molecule has 2 rings (SSSR count). The Kier molecular flexibility index (Phi) is 2.32. The van der Waals surface area contributed by atoms with Gasteiger partial charge in [0.05, 0.1) is 23.0 Å². The third-order valence-electron chi connectivity index (χ3n) is 3.22. The van der Waals surface area contributed by atoms with Crippen molar-refractivity contribution in [3.63, 3.8) is 0 Å². The summed E-state index contributed by atoms with van der Waals surface area (Å²) in [6, 6.07) is 0.0254. The highest BCUT2D eigenvalue weighted by atomic mass is 35.5. The molecule has 0 aliphatic heterocycles. The Balaban J connectivity index is 2.34. The fraction of sp³-hybridized carbons (Fsp3) is 0.700. The summed E-state index contributed by atoms with van der Waals surface area (Å²) < 4.78 is 1.90. The average Bonchev–Trinajstić information content (AvgIpc) is 2.79. The molecule has 0 spiro atoms. The van der Waals surface area contributed by atoms with E-state index in [-0.39, 0.29) is 11.5 Å². The minimum atomic E-state index is 0.0254. The molecular formula is C10H16ClN3. The molecule has 1 aromatic rings. The number of nitrogens with two attached hydrogens (primary N) is 1. The van der Waals surface area contributed by atoms with Crippen LogP contribution < -0.4 is 5.73 Å². The molecule has 1 heterocycles. The van der Waals surface area contributed by atoms with E-state index in [1.807, 2.05) is 4.68 Å². The maximum Gasteiger partial charge on any atom is 0.0834 e. The van der Waals surface area contributed by atoms with E-state index in [2.05, 4.69) is 18.9 Å². The second-order valence-electron chi connectivity index (χ2n) is 4.33. The van der Waals surface area contributed by atoms with Gasteiger partial charge in [-0.3, -0.25) is 4.68 Å². The lowest BCUT2D eigenvalue weighted by Gasteiger charge is -2.20. The van der Waals surface area contributed by atoms with Gasteiger partial charge in [0, 0.05) is 6.54 Å². The van der Waals surface area contributed by atoms with Crippen molar-refractivity contribution in [2.24, 2.45) is 11.1 Å². The SMILES string of the molecule is CCn1ncc(Cl)c1C(N)C1(C)CC1. The van der Waals surface area contributed by atoms with E-state index >= 15 is 0 Å². The number of nitrogens with zero attached hydrogens (tertiary/aromatic N) is 2. The Morgan fingerprint density at radius 3 is 2.86 bits per heavy atom. The van der Waals surface area contributed by atoms with Gasteiger partial charge in [-0.15, -0.1) is 0 Å². The van der Waals surface area contributed by atoms with Crippen LogP contribution in [0, 0.1) is 5.41 Å². The second kappa shape index (κ2) is 3.24. The number of hydrogen-bond donors (Lipinski definition) is 1. The van der Waals surface area contributed by atoms with E-state index in [1.165, 1.54) is 12.8 Å². The predicted octanol–water partition coefficient (Wildman–Crippen LogP) is 2.36. The molecule has 2 N–H and O–H groups in total. The van der Waals surface area contributed by atoms with E-state index in [0.29, 0.717) is 5.02 Å². The summed E-state index contributed by atoms with van der Waals surface area (Å²) in [5.74, 6) is 0. The monoisotopic (exact) mass is 213 g/mol. The van der Waals surface area contributed by atoms with Gasteiger partial charge in [0.15, 0.2) is 0 Å². The number of halogens is 1. The van der Waals surface area contributed by atoms with E-state index in [0.717, 1.165) is 12.2 Å². The van der Waals surface area contributed by atoms with E-state index in [9.17, 15) is 0 Å². The Bertz CT molecular complexity index is 341. The minimum Gasteiger partial charge on any atom is -0.322 e. The summed E-state index contributed by atoms with van der Waals surface area (Å²) in [7, 11) is 0. The largest absolute Gasteiger partial charge is 0.322 e. The molecule has 78 valence electrons. The number of rotatable bonds is 3. The molecule has 1 saturated carbocycles. The third-order valence-corrected chi connectivity index (χ3v) is 3.51. The summed E-state index contributed by atoms with van der Waals surface area (Å²) >= 11 is 6.09. The summed E-state index contributed by atoms with van der Waals surface area (Å²) in [5, 5.41) is 4.90. The first-order valence-electron chi connectivity index (χ1n) is 5.05. The molecule has 1 unspecified atom stereocenters. The zero-order chi connectivity index (χ0) is 10.3. The molecule has 0 amide bonds. The third kappa shape index (κ3) is 1.44. The van der Waals surface area contributed by atoms with Crippen molar-refractivity contribution >= 4 is 11.6 Å². The van der Waals surface area contributed by atoms with Gasteiger partial charge in [-0.2, -0.15) is 5.10 Å². The van der Waals surface area contributed by atoms with Gasteiger partial charge in [0.2, 0.25) is 0 Å². The molecule has 1 fully saturated rings. The summed E-state index contributed by atoms with van der Waals surface area (Å²) in [6.07, 6.45) is 4.07. The lowest BCUT2D eigenvalue weighted by atomic mass is 9.97. The van der Waals surface area contributed by atoms with Crippen LogP contribution in [0.5, 0.6) is 0 Å². The summed E-state index contributed by atoms with van der Waals surface area (Å²) in [4.78, 5) is 0. The highest BCUT2D eigenvalue weighted by Gasteiger charge is 2.45. The standard InChI is InChI=1S/C10H16ClN3/c1-3-14-8(7(11)6-13-14)9(12)10(2)4-5-10/h6,9H,3-5,12H2,1-2H3. The van der Waals surface area contributed by atoms with Crippen LogP contribution in [0.2, 0.25) is 5.02 Å². The highest BCUT2D eigenvalue weighted by Crippen LogP contribution is 2.54. The van der Waals surface area contributed by atoms with E-state index in [4.69, 9.17) is 17.3 Å². The van der Waals surface area contributed by atoms with Crippen LogP contribution in [0.3, 0.4) is 0 Å². The smallest absolute Gasteiger partial charge is 0.0834 e. The molecule has 0 aromatic carbocycles. The number of aromatic nitrogens is 2. The zero-order valence-electron chi connectivity index (χ0n) is 8.63. The van der Waals surface area contributed by atoms with Gasteiger partial charge in [-0.1, -0.05) is 18.5 Å². The predicted molar refractivity (Wildman–Crippen MR) is 57.2 cm³/mol. The number of aryl methyl sites for hydroxylation is 1. The van der Waals surface area contributed by atoms with Crippen molar-refractivity contribution in [3.8, 4) is 0 Å². The Hall–Kier alpha value is -0.540. The van der Waals surface area contributed by atoms with Crippen LogP contribution in [-0.4, -0.2) is 9.78 Å². The molecule has 1 aromatic heterocycles. The fourth-order valence-electron chi connectivity index (χ4n) is 1.77. The summed E-state index contributed by atoms with van der Waals surface area (Å²) in [5.41, 5.74) is 7.45. The van der Waals surface area contributed by atoms with Crippen molar-refractivity contribution in [3.05, 3.63) is 16.9 Å². The number of hydrogen-bond acceptors (Lipinski definition) is 2. The van der Waals surface area contributed by atoms with Crippen molar-refractivity contribution in [2.75, 3.05) is 0 Å². The lowest BCUT2D eigenvalue weighted by Crippen LogP contribution is -2.24. The van der Waals surface area contributed by atoms with Gasteiger partial charge < -0.3 is 5.73 Å². The van der Waals surface area contributed by atoms with Crippen LogP contribution in [0.25, 0.3) is 0 Å². The van der Waals surface area contributed by atoms with Gasteiger partial charge in [-0.05, 0) is 25.2 Å². The maximum absolute atomic E-state index is 6.21. The highest BCUT2D eigenvalue weighted by molar-refractivity contribution is 6.31. The van der Waals surface area contributed by atoms with Gasteiger partial charge in [0.25, 0.3) is 0 Å². The van der Waals surface area contributed by atoms with Crippen molar-refractivity contribution in [2.45, 2.75) is 39.3 Å². The van der Waals surface area contributed by atoms with Crippen LogP contribution in [0.4, 0.5) is 0 Å². The van der Waals surface area contributed by atoms with Crippen molar-refractivity contribution in [1.82, 2.24) is 9.78 Å². The molecular weight excluding hydrogens is 198 g/mol. The van der Waals surface area contributed by atoms with Crippen LogP contribution >= 0.6 is 11.6 Å². The Labute approximate surface area is 89.2 Å². The zero-order valence-corrected chi connectivity index (χ0v) is 9.38. The van der Waals surface area contributed by atoms with Gasteiger partial charge in [0.1, 0.15) is 0 Å². The molecule has 1 aliphatic carbocycles. The van der Waals surface area contributed by atoms with E-state index in [1.54, 1.807) is 6.20 Å². The Morgan fingerprint density at radius 1 is 1.71 bits per heavy atom. The first kappa shape index (κ1) is 9.99. The molecule has 1 atom stereocenters. The van der Waals surface area contributed by atoms with Gasteiger partial charge in [-0.25, -0.2) is 0 Å². The topological polar surface area (TPSA) is 43.8 Å². The molecule has 3 nitrogen and oxygen atoms in total. The molecule has 0 radical (unpaired) electrons. The average molecular weight is 214 g/mol. The fourth-order valence-corrected chi connectivity index (χ4v) is 2.03. The molecule has 1 aliphatic rings. The summed E-state index contributed by atoms with van der Waals surface area (Å²) in [6.45, 7) is 5.08. The Morgan fingerprint density at radius 2 is 2.36 bits per heavy atom. The van der Waals surface area contributed by atoms with Gasteiger partial charge >= 0.3 is 0 Å². The minimum absolute atomic E-state index is 0.0254. The van der Waals surface area contributed by atoms with Crippen LogP contribution in [-0.2, 0) is 6.54 Å². The normalized spacial score (nSPS) is 20.9. The lowest BCUT2D eigenvalue weighted by molar-refractivity contribution is 0.418. The van der Waals surface area contributed by atoms with Crippen LogP contribution in [0.1, 0.15) is 38.4 Å². The quantitative estimate of drug-likeness (QED) is 0.838. The molecule has 0 bridgehead atoms. The van der Waals surface area contributed by atoms with Crippen molar-refractivity contribution in [1.29, 1.82) is 0 Å². The molecule has 14 heavy (non-hydrogen) atoms. The molecule has 4 heteroatoms. The van der Waals surface area contributed by atoms with E-state index < -0.39 is 0 Å². The first-order chi connectivity index (χ1) is 6.58. The van der Waals surface area contributed by atoms with Crippen molar-refractivity contribution < 1.29 is 0 Å². The first-order valence-corrected chi connectivity index (χ1v) is 5.43. The molecule has 0 saturated heterocycles.